The quantitative estimate of drug-likeness (QED) is 0.497. The molecule has 1 aromatic carbocycles. The van der Waals surface area contributed by atoms with Gasteiger partial charge >= 0.3 is 0 Å². The van der Waals surface area contributed by atoms with Gasteiger partial charge in [0.1, 0.15) is 6.07 Å². The molecule has 0 saturated carbocycles. The third-order valence-electron chi connectivity index (χ3n) is 2.86. The summed E-state index contributed by atoms with van der Waals surface area (Å²) in [5.41, 5.74) is 2.94. The molecule has 118 valence electrons. The number of para-hydroxylation sites is 1. The Bertz CT molecular complexity index is 774. The van der Waals surface area contributed by atoms with Gasteiger partial charge in [-0.05, 0) is 12.0 Å². The monoisotopic (exact) mass is 313 g/mol. The van der Waals surface area contributed by atoms with E-state index in [4.69, 9.17) is 9.68 Å². The van der Waals surface area contributed by atoms with Gasteiger partial charge in [-0.3, -0.25) is 10.1 Å². The Labute approximate surface area is 132 Å². The first-order valence-electron chi connectivity index (χ1n) is 6.93. The lowest BCUT2D eigenvalue weighted by Crippen LogP contribution is -1.96. The van der Waals surface area contributed by atoms with E-state index in [0.29, 0.717) is 23.8 Å². The third kappa shape index (κ3) is 4.14. The lowest BCUT2D eigenvalue weighted by molar-refractivity contribution is -0.385. The summed E-state index contributed by atoms with van der Waals surface area (Å²) in [5, 5.41) is 23.9. The van der Waals surface area contributed by atoms with E-state index in [0.717, 1.165) is 0 Å². The van der Waals surface area contributed by atoms with Crippen LogP contribution in [0.5, 0.6) is 0 Å². The maximum Gasteiger partial charge on any atom is 0.278 e. The van der Waals surface area contributed by atoms with Gasteiger partial charge in [0.15, 0.2) is 5.89 Å². The Hall–Kier alpha value is -3.21. The Balaban J connectivity index is 2.16. The lowest BCUT2D eigenvalue weighted by atomic mass is 10.1. The summed E-state index contributed by atoms with van der Waals surface area (Å²) in [6, 6.07) is 8.12. The minimum atomic E-state index is -0.489. The van der Waals surface area contributed by atoms with Crippen LogP contribution in [0.1, 0.15) is 31.0 Å². The van der Waals surface area contributed by atoms with Crippen LogP contribution >= 0.6 is 0 Å². The fourth-order valence-corrected chi connectivity index (χ4v) is 1.88. The standard InChI is InChI=1S/C15H15N5O3/c1-10(2)7-14-18-12(8-16)15(23-14)19-17-9-11-5-3-4-6-13(11)20(21)22/h3-6,9-10,19H,7H2,1-2H3. The molecule has 2 rings (SSSR count). The van der Waals surface area contributed by atoms with Gasteiger partial charge < -0.3 is 4.42 Å². The summed E-state index contributed by atoms with van der Waals surface area (Å²) < 4.78 is 5.44. The number of benzene rings is 1. The molecule has 2 aromatic rings. The Morgan fingerprint density at radius 3 is 2.91 bits per heavy atom. The van der Waals surface area contributed by atoms with E-state index >= 15 is 0 Å². The number of nitro benzene ring substituents is 1. The number of oxazole rings is 1. The molecule has 0 radical (unpaired) electrons. The molecule has 0 fully saturated rings. The highest BCUT2D eigenvalue weighted by Crippen LogP contribution is 2.19. The second-order valence-corrected chi connectivity index (χ2v) is 5.18. The minimum Gasteiger partial charge on any atom is -0.422 e. The van der Waals surface area contributed by atoms with E-state index in [9.17, 15) is 10.1 Å². The first kappa shape index (κ1) is 16.2. The molecular weight excluding hydrogens is 298 g/mol. The largest absolute Gasteiger partial charge is 0.422 e. The fourth-order valence-electron chi connectivity index (χ4n) is 1.88. The van der Waals surface area contributed by atoms with E-state index < -0.39 is 4.92 Å². The van der Waals surface area contributed by atoms with Gasteiger partial charge in [-0.25, -0.2) is 10.4 Å². The van der Waals surface area contributed by atoms with Crippen molar-refractivity contribution in [2.45, 2.75) is 20.3 Å². The highest BCUT2D eigenvalue weighted by atomic mass is 16.6. The number of nitriles is 1. The zero-order valence-electron chi connectivity index (χ0n) is 12.7. The van der Waals surface area contributed by atoms with Gasteiger partial charge in [-0.2, -0.15) is 10.4 Å². The average Bonchev–Trinajstić information content (AvgIpc) is 2.88. The molecule has 8 heteroatoms. The number of rotatable bonds is 6. The highest BCUT2D eigenvalue weighted by Gasteiger charge is 2.14. The summed E-state index contributed by atoms with van der Waals surface area (Å²) >= 11 is 0. The van der Waals surface area contributed by atoms with Crippen LogP contribution in [0.2, 0.25) is 0 Å². The molecule has 1 N–H and O–H groups in total. The zero-order valence-corrected chi connectivity index (χ0v) is 12.7. The van der Waals surface area contributed by atoms with Gasteiger partial charge in [0.05, 0.1) is 16.7 Å². The molecule has 0 spiro atoms. The number of hydrogen-bond acceptors (Lipinski definition) is 7. The number of hydrazone groups is 1. The van der Waals surface area contributed by atoms with Crippen LogP contribution in [0.15, 0.2) is 33.8 Å². The summed E-state index contributed by atoms with van der Waals surface area (Å²) in [6.45, 7) is 4.02. The van der Waals surface area contributed by atoms with Crippen LogP contribution in [0.3, 0.4) is 0 Å². The molecule has 0 atom stereocenters. The smallest absolute Gasteiger partial charge is 0.278 e. The van der Waals surface area contributed by atoms with Crippen LogP contribution in [-0.4, -0.2) is 16.1 Å². The summed E-state index contributed by atoms with van der Waals surface area (Å²) in [6.07, 6.45) is 1.90. The van der Waals surface area contributed by atoms with Crippen LogP contribution < -0.4 is 5.43 Å². The first-order chi connectivity index (χ1) is 11.0. The molecule has 0 unspecified atom stereocenters. The maximum atomic E-state index is 10.9. The Morgan fingerprint density at radius 1 is 1.52 bits per heavy atom. The summed E-state index contributed by atoms with van der Waals surface area (Å²) in [5.74, 6) is 0.904. The molecule has 0 bridgehead atoms. The van der Waals surface area contributed by atoms with Crippen molar-refractivity contribution in [3.63, 3.8) is 0 Å². The van der Waals surface area contributed by atoms with Crippen LogP contribution in [-0.2, 0) is 6.42 Å². The molecule has 0 amide bonds. The Morgan fingerprint density at radius 2 is 2.26 bits per heavy atom. The maximum absolute atomic E-state index is 10.9. The number of nitrogens with zero attached hydrogens (tertiary/aromatic N) is 4. The van der Waals surface area contributed by atoms with Crippen molar-refractivity contribution in [3.8, 4) is 6.07 Å². The average molecular weight is 313 g/mol. The predicted molar refractivity (Wildman–Crippen MR) is 84.1 cm³/mol. The van der Waals surface area contributed by atoms with Gasteiger partial charge in [0.2, 0.25) is 5.69 Å². The van der Waals surface area contributed by atoms with Crippen molar-refractivity contribution < 1.29 is 9.34 Å². The second-order valence-electron chi connectivity index (χ2n) is 5.18. The predicted octanol–water partition coefficient (Wildman–Crippen LogP) is 3.10. The van der Waals surface area contributed by atoms with Crippen molar-refractivity contribution in [1.82, 2.24) is 4.98 Å². The summed E-state index contributed by atoms with van der Waals surface area (Å²) in [4.78, 5) is 14.5. The zero-order chi connectivity index (χ0) is 16.8. The minimum absolute atomic E-state index is 0.0587. The van der Waals surface area contributed by atoms with Crippen molar-refractivity contribution in [2.24, 2.45) is 11.0 Å². The number of nitro groups is 1. The normalized spacial score (nSPS) is 10.9. The molecular formula is C15H15N5O3. The molecule has 0 aliphatic rings. The van der Waals surface area contributed by atoms with Gasteiger partial charge in [0.25, 0.3) is 11.6 Å². The van der Waals surface area contributed by atoms with E-state index in [-0.39, 0.29) is 17.3 Å². The molecule has 23 heavy (non-hydrogen) atoms. The van der Waals surface area contributed by atoms with Crippen LogP contribution in [0.25, 0.3) is 0 Å². The van der Waals surface area contributed by atoms with Crippen molar-refractivity contribution >= 4 is 17.8 Å². The topological polar surface area (TPSA) is 117 Å². The first-order valence-corrected chi connectivity index (χ1v) is 6.93. The number of hydrogen-bond donors (Lipinski definition) is 1. The van der Waals surface area contributed by atoms with Gasteiger partial charge in [0, 0.05) is 12.5 Å². The van der Waals surface area contributed by atoms with E-state index in [1.54, 1.807) is 18.2 Å². The van der Waals surface area contributed by atoms with Gasteiger partial charge in [-0.1, -0.05) is 26.0 Å². The van der Waals surface area contributed by atoms with Crippen molar-refractivity contribution in [3.05, 3.63) is 51.5 Å². The van der Waals surface area contributed by atoms with Crippen LogP contribution in [0, 0.1) is 27.4 Å². The fraction of sp³-hybridized carbons (Fsp3) is 0.267. The number of anilines is 1. The van der Waals surface area contributed by atoms with E-state index in [1.165, 1.54) is 12.3 Å². The van der Waals surface area contributed by atoms with E-state index in [1.807, 2.05) is 19.9 Å². The van der Waals surface area contributed by atoms with Crippen LogP contribution in [0.4, 0.5) is 11.6 Å². The number of nitrogens with one attached hydrogen (secondary N) is 1. The van der Waals surface area contributed by atoms with Gasteiger partial charge in [-0.15, -0.1) is 0 Å². The molecule has 0 saturated heterocycles. The molecule has 0 aliphatic heterocycles. The summed E-state index contributed by atoms with van der Waals surface area (Å²) in [7, 11) is 0. The Kier molecular flexibility index (Phi) is 5.04. The highest BCUT2D eigenvalue weighted by molar-refractivity contribution is 5.85. The molecule has 1 aromatic heterocycles. The van der Waals surface area contributed by atoms with E-state index in [2.05, 4.69) is 15.5 Å². The van der Waals surface area contributed by atoms with Crippen molar-refractivity contribution in [1.29, 1.82) is 5.26 Å². The molecule has 0 aliphatic carbocycles. The number of aromatic nitrogens is 1. The second kappa shape index (κ2) is 7.17. The molecule has 8 nitrogen and oxygen atoms in total. The SMILES string of the molecule is CC(C)Cc1nc(C#N)c(NN=Cc2ccccc2[N+](=O)[O-])o1. The third-order valence-corrected chi connectivity index (χ3v) is 2.86. The lowest BCUT2D eigenvalue weighted by Gasteiger charge is -1.98. The molecule has 1 heterocycles. The van der Waals surface area contributed by atoms with Crippen molar-refractivity contribution in [2.75, 3.05) is 5.43 Å².